The molecular formula is C33H29Cl2N3O4S. The monoisotopic (exact) mass is 633 g/mol. The number of carbonyl (C=O) groups is 3. The van der Waals surface area contributed by atoms with Crippen LogP contribution in [0.15, 0.2) is 108 Å². The van der Waals surface area contributed by atoms with Gasteiger partial charge in [0.25, 0.3) is 11.8 Å². The molecule has 4 aromatic carbocycles. The van der Waals surface area contributed by atoms with Crippen molar-refractivity contribution in [2.75, 3.05) is 17.2 Å². The molecule has 0 aliphatic heterocycles. The van der Waals surface area contributed by atoms with Crippen LogP contribution in [0.5, 0.6) is 5.75 Å². The van der Waals surface area contributed by atoms with E-state index in [-0.39, 0.29) is 16.6 Å². The summed E-state index contributed by atoms with van der Waals surface area (Å²) in [5, 5.41) is 8.54. The fourth-order valence-corrected chi connectivity index (χ4v) is 5.21. The number of hydrogen-bond donors (Lipinski definition) is 3. The molecule has 4 rings (SSSR count). The lowest BCUT2D eigenvalue weighted by atomic mass is 10.1. The summed E-state index contributed by atoms with van der Waals surface area (Å²) in [6, 6.07) is 27.9. The number of carbonyl (C=O) groups excluding carboxylic acids is 3. The van der Waals surface area contributed by atoms with Gasteiger partial charge < -0.3 is 20.7 Å². The van der Waals surface area contributed by atoms with E-state index in [0.29, 0.717) is 39.9 Å². The normalized spacial score (nSPS) is 11.8. The fourth-order valence-electron chi connectivity index (χ4n) is 3.92. The molecule has 0 aromatic heterocycles. The molecular weight excluding hydrogens is 605 g/mol. The molecule has 10 heteroatoms. The Balaban J connectivity index is 1.50. The van der Waals surface area contributed by atoms with Crippen LogP contribution in [-0.4, -0.2) is 29.6 Å². The molecule has 0 saturated carbocycles. The third-order valence-electron chi connectivity index (χ3n) is 6.03. The number of nitrogens with one attached hydrogen (secondary N) is 3. The van der Waals surface area contributed by atoms with Crippen LogP contribution in [0, 0.1) is 0 Å². The van der Waals surface area contributed by atoms with Gasteiger partial charge in [0.2, 0.25) is 5.91 Å². The Bertz CT molecular complexity index is 1650. The van der Waals surface area contributed by atoms with E-state index in [2.05, 4.69) is 16.0 Å². The van der Waals surface area contributed by atoms with E-state index >= 15 is 0 Å². The van der Waals surface area contributed by atoms with Gasteiger partial charge in [-0.25, -0.2) is 0 Å². The van der Waals surface area contributed by atoms with Gasteiger partial charge >= 0.3 is 0 Å². The van der Waals surface area contributed by atoms with Crippen molar-refractivity contribution in [3.05, 3.63) is 124 Å². The zero-order chi connectivity index (χ0) is 30.8. The lowest BCUT2D eigenvalue weighted by molar-refractivity contribution is -0.115. The second-order valence-corrected chi connectivity index (χ2v) is 11.4. The first-order valence-electron chi connectivity index (χ1n) is 13.4. The average Bonchev–Trinajstić information content (AvgIpc) is 3.00. The van der Waals surface area contributed by atoms with Crippen molar-refractivity contribution >= 4 is 70.1 Å². The molecule has 3 amide bonds. The van der Waals surface area contributed by atoms with E-state index in [0.717, 1.165) is 4.90 Å². The second kappa shape index (κ2) is 15.3. The van der Waals surface area contributed by atoms with Gasteiger partial charge in [-0.05, 0) is 74.0 Å². The summed E-state index contributed by atoms with van der Waals surface area (Å²) in [7, 11) is 0. The van der Waals surface area contributed by atoms with Crippen LogP contribution >= 0.6 is 35.0 Å². The zero-order valence-corrected chi connectivity index (χ0v) is 25.7. The summed E-state index contributed by atoms with van der Waals surface area (Å²) < 4.78 is 5.60. The van der Waals surface area contributed by atoms with Crippen LogP contribution in [0.3, 0.4) is 0 Å². The first kappa shape index (κ1) is 31.7. The smallest absolute Gasteiger partial charge is 0.272 e. The van der Waals surface area contributed by atoms with Gasteiger partial charge in [0.15, 0.2) is 0 Å². The number of benzene rings is 4. The molecule has 0 radical (unpaired) electrons. The molecule has 0 saturated heterocycles. The second-order valence-electron chi connectivity index (χ2n) is 9.18. The van der Waals surface area contributed by atoms with E-state index in [1.54, 1.807) is 85.8 Å². The zero-order valence-electron chi connectivity index (χ0n) is 23.4. The molecule has 3 N–H and O–H groups in total. The first-order valence-corrected chi connectivity index (χ1v) is 15.0. The Morgan fingerprint density at radius 2 is 1.60 bits per heavy atom. The van der Waals surface area contributed by atoms with Crippen LogP contribution in [0.2, 0.25) is 10.0 Å². The highest BCUT2D eigenvalue weighted by molar-refractivity contribution is 8.00. The Morgan fingerprint density at radius 1 is 0.884 bits per heavy atom. The van der Waals surface area contributed by atoms with Crippen molar-refractivity contribution in [3.8, 4) is 5.75 Å². The maximum atomic E-state index is 13.5. The molecule has 0 aliphatic rings. The Hall–Kier alpha value is -4.24. The Kier molecular flexibility index (Phi) is 11.3. The number of rotatable bonds is 11. The van der Waals surface area contributed by atoms with Crippen molar-refractivity contribution in [1.29, 1.82) is 0 Å². The van der Waals surface area contributed by atoms with Crippen molar-refractivity contribution in [3.63, 3.8) is 0 Å². The van der Waals surface area contributed by atoms with Gasteiger partial charge in [-0.2, -0.15) is 0 Å². The third-order valence-corrected chi connectivity index (χ3v) is 7.96. The number of thioether (sulfide) groups is 1. The minimum Gasteiger partial charge on any atom is -0.492 e. The maximum Gasteiger partial charge on any atom is 0.272 e. The largest absolute Gasteiger partial charge is 0.492 e. The number of hydrogen-bond acceptors (Lipinski definition) is 5. The van der Waals surface area contributed by atoms with Gasteiger partial charge in [-0.3, -0.25) is 14.4 Å². The van der Waals surface area contributed by atoms with Crippen LogP contribution in [0.25, 0.3) is 6.08 Å². The van der Waals surface area contributed by atoms with Gasteiger partial charge in [-0.1, -0.05) is 71.7 Å². The molecule has 0 heterocycles. The highest BCUT2D eigenvalue weighted by atomic mass is 35.5. The fraction of sp³-hybridized carbons (Fsp3) is 0.121. The Morgan fingerprint density at radius 3 is 2.37 bits per heavy atom. The van der Waals surface area contributed by atoms with E-state index in [1.165, 1.54) is 17.8 Å². The van der Waals surface area contributed by atoms with Gasteiger partial charge in [0, 0.05) is 16.1 Å². The predicted octanol–water partition coefficient (Wildman–Crippen LogP) is 7.92. The minimum absolute atomic E-state index is 0.0308. The average molecular weight is 635 g/mol. The van der Waals surface area contributed by atoms with E-state index in [9.17, 15) is 14.4 Å². The van der Waals surface area contributed by atoms with E-state index in [1.807, 2.05) is 25.1 Å². The SMILES string of the molecule is CCOc1ccccc1NC(=O)C(C)Sc1cccc(NC(=O)/C(=C\c2cccc(Cl)c2Cl)NC(=O)c2ccccc2)c1. The van der Waals surface area contributed by atoms with Crippen molar-refractivity contribution < 1.29 is 19.1 Å². The number of ether oxygens (including phenoxy) is 1. The summed E-state index contributed by atoms with van der Waals surface area (Å²) in [5.41, 5.74) is 1.88. The quantitative estimate of drug-likeness (QED) is 0.115. The maximum absolute atomic E-state index is 13.5. The van der Waals surface area contributed by atoms with E-state index in [4.69, 9.17) is 27.9 Å². The highest BCUT2D eigenvalue weighted by Gasteiger charge is 2.19. The Labute approximate surface area is 264 Å². The summed E-state index contributed by atoms with van der Waals surface area (Å²) in [6.45, 7) is 4.16. The van der Waals surface area contributed by atoms with Crippen LogP contribution in [0.4, 0.5) is 11.4 Å². The minimum atomic E-state index is -0.569. The molecule has 7 nitrogen and oxygen atoms in total. The summed E-state index contributed by atoms with van der Waals surface area (Å²) >= 11 is 13.9. The molecule has 0 bridgehead atoms. The molecule has 0 fully saturated rings. The molecule has 1 atom stereocenters. The van der Waals surface area contributed by atoms with Crippen LogP contribution < -0.4 is 20.7 Å². The standard InChI is InChI=1S/C33H29Cl2N3O4S/c1-3-42-29-18-8-7-17-27(29)37-31(39)21(2)43-25-15-10-14-24(20-25)36-33(41)28(19-23-13-9-16-26(34)30(23)35)38-32(40)22-11-5-4-6-12-22/h4-21H,3H2,1-2H3,(H,36,41)(H,37,39)(H,38,40)/b28-19+. The molecule has 220 valence electrons. The lowest BCUT2D eigenvalue weighted by Crippen LogP contribution is -2.30. The van der Waals surface area contributed by atoms with Crippen molar-refractivity contribution in [2.45, 2.75) is 24.0 Å². The summed E-state index contributed by atoms with van der Waals surface area (Å²) in [6.07, 6.45) is 1.47. The topological polar surface area (TPSA) is 96.5 Å². The van der Waals surface area contributed by atoms with Gasteiger partial charge in [-0.15, -0.1) is 11.8 Å². The molecule has 43 heavy (non-hydrogen) atoms. The van der Waals surface area contributed by atoms with Gasteiger partial charge in [0.05, 0.1) is 27.6 Å². The summed E-state index contributed by atoms with van der Waals surface area (Å²) in [4.78, 5) is 40.1. The number of para-hydroxylation sites is 2. The van der Waals surface area contributed by atoms with Crippen LogP contribution in [0.1, 0.15) is 29.8 Å². The number of amides is 3. The number of anilines is 2. The molecule has 1 unspecified atom stereocenters. The highest BCUT2D eigenvalue weighted by Crippen LogP contribution is 2.30. The third kappa shape index (κ3) is 8.88. The van der Waals surface area contributed by atoms with Crippen molar-refractivity contribution in [2.24, 2.45) is 0 Å². The number of halogens is 2. The van der Waals surface area contributed by atoms with Crippen LogP contribution in [-0.2, 0) is 9.59 Å². The molecule has 0 aliphatic carbocycles. The summed E-state index contributed by atoms with van der Waals surface area (Å²) in [5.74, 6) is -0.627. The molecule has 0 spiro atoms. The predicted molar refractivity (Wildman–Crippen MR) is 175 cm³/mol. The lowest BCUT2D eigenvalue weighted by Gasteiger charge is -2.15. The van der Waals surface area contributed by atoms with E-state index < -0.39 is 17.1 Å². The molecule has 4 aromatic rings. The van der Waals surface area contributed by atoms with Gasteiger partial charge in [0.1, 0.15) is 11.4 Å². The first-order chi connectivity index (χ1) is 20.7. The van der Waals surface area contributed by atoms with Crippen molar-refractivity contribution in [1.82, 2.24) is 5.32 Å².